The van der Waals surface area contributed by atoms with Crippen molar-refractivity contribution in [2.75, 3.05) is 32.8 Å². The second-order valence-electron chi connectivity index (χ2n) is 7.36. The highest BCUT2D eigenvalue weighted by Crippen LogP contribution is 2.29. The van der Waals surface area contributed by atoms with Crippen molar-refractivity contribution in [1.29, 1.82) is 0 Å². The Hall–Kier alpha value is -2.18. The van der Waals surface area contributed by atoms with Gasteiger partial charge in [0.05, 0.1) is 12.8 Å². The van der Waals surface area contributed by atoms with E-state index in [1.807, 2.05) is 34.0 Å². The fourth-order valence-corrected chi connectivity index (χ4v) is 4.03. The Morgan fingerprint density at radius 3 is 2.96 bits per heavy atom. The van der Waals surface area contributed by atoms with Crippen LogP contribution in [0.5, 0.6) is 0 Å². The van der Waals surface area contributed by atoms with Crippen LogP contribution in [0.3, 0.4) is 0 Å². The molecule has 1 fully saturated rings. The summed E-state index contributed by atoms with van der Waals surface area (Å²) in [5.41, 5.74) is 3.52. The molecule has 2 aromatic rings. The molecule has 0 radical (unpaired) electrons. The van der Waals surface area contributed by atoms with E-state index in [9.17, 15) is 4.79 Å². The Labute approximate surface area is 160 Å². The van der Waals surface area contributed by atoms with Crippen LogP contribution < -0.4 is 0 Å². The van der Waals surface area contributed by atoms with Gasteiger partial charge in [0.25, 0.3) is 5.91 Å². The Kier molecular flexibility index (Phi) is 5.55. The highest BCUT2D eigenvalue weighted by atomic mass is 16.5. The summed E-state index contributed by atoms with van der Waals surface area (Å²) in [4.78, 5) is 17.5. The number of aryl methyl sites for hydroxylation is 1. The van der Waals surface area contributed by atoms with Gasteiger partial charge in [-0.2, -0.15) is 5.10 Å². The molecule has 0 bridgehead atoms. The molecule has 27 heavy (non-hydrogen) atoms. The summed E-state index contributed by atoms with van der Waals surface area (Å²) in [6.07, 6.45) is 5.50. The van der Waals surface area contributed by atoms with E-state index >= 15 is 0 Å². The zero-order chi connectivity index (χ0) is 18.6. The van der Waals surface area contributed by atoms with Crippen molar-refractivity contribution in [3.63, 3.8) is 0 Å². The molecule has 0 N–H and O–H groups in total. The number of benzene rings is 1. The minimum Gasteiger partial charge on any atom is -0.363 e. The quantitative estimate of drug-likeness (QED) is 0.831. The van der Waals surface area contributed by atoms with Crippen LogP contribution in [-0.4, -0.2) is 58.3 Å². The number of fused-ring (bicyclic) bond motifs is 1. The first-order valence-electron chi connectivity index (χ1n) is 9.96. The van der Waals surface area contributed by atoms with Crippen molar-refractivity contribution < 1.29 is 9.53 Å². The van der Waals surface area contributed by atoms with Gasteiger partial charge in [-0.15, -0.1) is 0 Å². The molecular weight excluding hydrogens is 340 g/mol. The first-order chi connectivity index (χ1) is 13.2. The van der Waals surface area contributed by atoms with Gasteiger partial charge < -0.3 is 9.64 Å². The zero-order valence-corrected chi connectivity index (χ0v) is 16.0. The maximum absolute atomic E-state index is 13.1. The third-order valence-electron chi connectivity index (χ3n) is 5.53. The molecule has 2 aliphatic heterocycles. The molecule has 1 unspecified atom stereocenters. The van der Waals surface area contributed by atoms with Gasteiger partial charge in [-0.05, 0) is 30.9 Å². The van der Waals surface area contributed by atoms with Gasteiger partial charge in [0, 0.05) is 51.0 Å². The topological polar surface area (TPSA) is 50.6 Å². The molecular formula is C21H28N4O2. The smallest absolute Gasteiger partial charge is 0.256 e. The molecule has 0 saturated carbocycles. The number of carbonyl (C=O) groups excluding carboxylic acids is 1. The van der Waals surface area contributed by atoms with Crippen LogP contribution in [0.4, 0.5) is 0 Å². The van der Waals surface area contributed by atoms with E-state index in [0.717, 1.165) is 57.7 Å². The number of amides is 1. The summed E-state index contributed by atoms with van der Waals surface area (Å²) in [5, 5.41) is 4.36. The molecule has 1 atom stereocenters. The lowest BCUT2D eigenvalue weighted by Crippen LogP contribution is -2.40. The summed E-state index contributed by atoms with van der Waals surface area (Å²) in [6.45, 7) is 7.94. The van der Waals surface area contributed by atoms with Crippen LogP contribution in [0.15, 0.2) is 36.7 Å². The molecule has 1 aromatic heterocycles. The number of aromatic nitrogens is 2. The minimum atomic E-state index is -0.440. The Morgan fingerprint density at radius 1 is 1.22 bits per heavy atom. The largest absolute Gasteiger partial charge is 0.363 e. The van der Waals surface area contributed by atoms with Crippen molar-refractivity contribution in [1.82, 2.24) is 19.6 Å². The van der Waals surface area contributed by atoms with Crippen molar-refractivity contribution in [2.45, 2.75) is 39.0 Å². The van der Waals surface area contributed by atoms with E-state index in [1.54, 1.807) is 0 Å². The summed E-state index contributed by atoms with van der Waals surface area (Å²) >= 11 is 0. The predicted octanol–water partition coefficient (Wildman–Crippen LogP) is 2.25. The molecule has 6 nitrogen and oxygen atoms in total. The lowest BCUT2D eigenvalue weighted by Gasteiger charge is -2.30. The van der Waals surface area contributed by atoms with Crippen LogP contribution in [-0.2, 0) is 29.0 Å². The van der Waals surface area contributed by atoms with Crippen molar-refractivity contribution in [2.24, 2.45) is 0 Å². The van der Waals surface area contributed by atoms with E-state index in [2.05, 4.69) is 29.2 Å². The SMILES string of the molecule is CCn1cc(CN2CCCN(C(=O)C3OCCc4ccccc43)CC2)cn1. The zero-order valence-electron chi connectivity index (χ0n) is 16.0. The fourth-order valence-electron chi connectivity index (χ4n) is 4.03. The maximum Gasteiger partial charge on any atom is 0.256 e. The maximum atomic E-state index is 13.1. The molecule has 6 heteroatoms. The number of carbonyl (C=O) groups is 1. The third-order valence-corrected chi connectivity index (χ3v) is 5.53. The second-order valence-corrected chi connectivity index (χ2v) is 7.36. The summed E-state index contributed by atoms with van der Waals surface area (Å²) in [5.74, 6) is 0.114. The number of nitrogens with zero attached hydrogens (tertiary/aromatic N) is 4. The molecule has 0 spiro atoms. The van der Waals surface area contributed by atoms with Crippen LogP contribution in [0, 0.1) is 0 Å². The Morgan fingerprint density at radius 2 is 2.11 bits per heavy atom. The first kappa shape index (κ1) is 18.2. The van der Waals surface area contributed by atoms with E-state index in [1.165, 1.54) is 11.1 Å². The van der Waals surface area contributed by atoms with Gasteiger partial charge in [0.2, 0.25) is 0 Å². The van der Waals surface area contributed by atoms with Crippen LogP contribution in [0.25, 0.3) is 0 Å². The third kappa shape index (κ3) is 4.06. The number of hydrogen-bond acceptors (Lipinski definition) is 4. The Balaban J connectivity index is 1.39. The molecule has 1 saturated heterocycles. The summed E-state index contributed by atoms with van der Waals surface area (Å²) in [6, 6.07) is 8.18. The average molecular weight is 368 g/mol. The number of rotatable bonds is 4. The van der Waals surface area contributed by atoms with Crippen LogP contribution >= 0.6 is 0 Å². The van der Waals surface area contributed by atoms with E-state index < -0.39 is 6.10 Å². The van der Waals surface area contributed by atoms with Crippen molar-refractivity contribution in [3.05, 3.63) is 53.3 Å². The molecule has 2 aliphatic rings. The van der Waals surface area contributed by atoms with Gasteiger partial charge in [0.1, 0.15) is 0 Å². The standard InChI is InChI=1S/C21H28N4O2/c1-2-25-16-17(14-22-25)15-23-9-5-10-24(12-11-23)21(26)20-19-7-4-3-6-18(19)8-13-27-20/h3-4,6-7,14,16,20H,2,5,8-13,15H2,1H3. The molecule has 4 rings (SSSR count). The highest BCUT2D eigenvalue weighted by molar-refractivity contribution is 5.83. The monoisotopic (exact) mass is 368 g/mol. The van der Waals surface area contributed by atoms with Crippen molar-refractivity contribution in [3.8, 4) is 0 Å². The first-order valence-corrected chi connectivity index (χ1v) is 9.96. The van der Waals surface area contributed by atoms with E-state index in [0.29, 0.717) is 6.61 Å². The predicted molar refractivity (Wildman–Crippen MR) is 103 cm³/mol. The van der Waals surface area contributed by atoms with Gasteiger partial charge in [-0.25, -0.2) is 0 Å². The lowest BCUT2D eigenvalue weighted by atomic mass is 9.97. The fraction of sp³-hybridized carbons (Fsp3) is 0.524. The second kappa shape index (κ2) is 8.23. The lowest BCUT2D eigenvalue weighted by molar-refractivity contribution is -0.145. The van der Waals surface area contributed by atoms with Gasteiger partial charge >= 0.3 is 0 Å². The van der Waals surface area contributed by atoms with Gasteiger partial charge in [-0.1, -0.05) is 24.3 Å². The van der Waals surface area contributed by atoms with Gasteiger partial charge in [0.15, 0.2) is 6.10 Å². The van der Waals surface area contributed by atoms with E-state index in [4.69, 9.17) is 4.74 Å². The van der Waals surface area contributed by atoms with Crippen molar-refractivity contribution >= 4 is 5.91 Å². The molecule has 3 heterocycles. The summed E-state index contributed by atoms with van der Waals surface area (Å²) in [7, 11) is 0. The molecule has 0 aliphatic carbocycles. The van der Waals surface area contributed by atoms with Gasteiger partial charge in [-0.3, -0.25) is 14.4 Å². The summed E-state index contributed by atoms with van der Waals surface area (Å²) < 4.78 is 7.84. The van der Waals surface area contributed by atoms with E-state index in [-0.39, 0.29) is 5.91 Å². The van der Waals surface area contributed by atoms with Crippen LogP contribution in [0.1, 0.15) is 36.1 Å². The average Bonchev–Trinajstić information content (AvgIpc) is 3.04. The minimum absolute atomic E-state index is 0.114. The molecule has 1 aromatic carbocycles. The van der Waals surface area contributed by atoms with Crippen LogP contribution in [0.2, 0.25) is 0 Å². The number of hydrogen-bond donors (Lipinski definition) is 0. The highest BCUT2D eigenvalue weighted by Gasteiger charge is 2.31. The normalized spacial score (nSPS) is 20.9. The Bertz CT molecular complexity index is 788. The molecule has 1 amide bonds. The number of ether oxygens (including phenoxy) is 1. The molecule has 144 valence electrons.